The van der Waals surface area contributed by atoms with Gasteiger partial charge in [-0.25, -0.2) is 0 Å². The lowest BCUT2D eigenvalue weighted by Gasteiger charge is -2.12. The van der Waals surface area contributed by atoms with Gasteiger partial charge in [-0.05, 0) is 7.05 Å². The molecule has 5 heteroatoms. The van der Waals surface area contributed by atoms with E-state index in [9.17, 15) is 0 Å². The van der Waals surface area contributed by atoms with Crippen molar-refractivity contribution in [1.82, 2.24) is 10.3 Å². The SMILES string of the molecule is CNCc1coc(N(C)CCOC)n1. The van der Waals surface area contributed by atoms with E-state index in [2.05, 4.69) is 10.3 Å². The van der Waals surface area contributed by atoms with E-state index in [0.717, 1.165) is 18.8 Å². The second kappa shape index (κ2) is 5.62. The van der Waals surface area contributed by atoms with Crippen LogP contribution in [0.25, 0.3) is 0 Å². The number of nitrogens with one attached hydrogen (secondary N) is 1. The molecule has 5 nitrogen and oxygen atoms in total. The maximum Gasteiger partial charge on any atom is 0.297 e. The molecule has 1 aromatic heterocycles. The van der Waals surface area contributed by atoms with Crippen molar-refractivity contribution in [3.8, 4) is 0 Å². The Hall–Kier alpha value is -1.07. The summed E-state index contributed by atoms with van der Waals surface area (Å²) < 4.78 is 10.3. The highest BCUT2D eigenvalue weighted by molar-refractivity contribution is 5.24. The van der Waals surface area contributed by atoms with Gasteiger partial charge in [0.05, 0.1) is 12.3 Å². The van der Waals surface area contributed by atoms with Crippen LogP contribution in [0.5, 0.6) is 0 Å². The van der Waals surface area contributed by atoms with E-state index in [1.165, 1.54) is 0 Å². The summed E-state index contributed by atoms with van der Waals surface area (Å²) in [6.45, 7) is 2.16. The summed E-state index contributed by atoms with van der Waals surface area (Å²) in [7, 11) is 5.48. The van der Waals surface area contributed by atoms with Gasteiger partial charge in [-0.15, -0.1) is 0 Å². The van der Waals surface area contributed by atoms with Gasteiger partial charge in [0.15, 0.2) is 0 Å². The molecule has 0 aliphatic carbocycles. The van der Waals surface area contributed by atoms with Crippen LogP contribution in [0.2, 0.25) is 0 Å². The Bertz CT molecular complexity index is 262. The molecule has 0 aliphatic rings. The standard InChI is InChI=1S/C9H17N3O2/c1-10-6-8-7-14-9(11-8)12(2)4-5-13-3/h7,10H,4-6H2,1-3H3. The second-order valence-electron chi connectivity index (χ2n) is 3.07. The number of likely N-dealkylation sites (N-methyl/N-ethyl adjacent to an activating group) is 1. The van der Waals surface area contributed by atoms with Gasteiger partial charge in [-0.2, -0.15) is 4.98 Å². The second-order valence-corrected chi connectivity index (χ2v) is 3.07. The predicted molar refractivity (Wildman–Crippen MR) is 54.4 cm³/mol. The Kier molecular flexibility index (Phi) is 4.42. The summed E-state index contributed by atoms with van der Waals surface area (Å²) >= 11 is 0. The van der Waals surface area contributed by atoms with Crippen LogP contribution < -0.4 is 10.2 Å². The van der Waals surface area contributed by atoms with Gasteiger partial charge in [0.25, 0.3) is 6.01 Å². The average molecular weight is 199 g/mol. The third-order valence-electron chi connectivity index (χ3n) is 1.85. The van der Waals surface area contributed by atoms with Crippen molar-refractivity contribution in [3.63, 3.8) is 0 Å². The molecule has 0 spiro atoms. The first-order valence-corrected chi connectivity index (χ1v) is 4.57. The molecule has 1 heterocycles. The minimum absolute atomic E-state index is 0.632. The lowest BCUT2D eigenvalue weighted by Crippen LogP contribution is -2.22. The zero-order chi connectivity index (χ0) is 10.4. The summed E-state index contributed by atoms with van der Waals surface area (Å²) in [5.74, 6) is 0. The van der Waals surface area contributed by atoms with Crippen molar-refractivity contribution in [2.24, 2.45) is 0 Å². The lowest BCUT2D eigenvalue weighted by molar-refractivity contribution is 0.205. The molecule has 0 fully saturated rings. The Morgan fingerprint density at radius 3 is 3.07 bits per heavy atom. The number of rotatable bonds is 6. The van der Waals surface area contributed by atoms with Gasteiger partial charge >= 0.3 is 0 Å². The number of anilines is 1. The molecule has 0 saturated heterocycles. The van der Waals surface area contributed by atoms with Crippen LogP contribution in [0.1, 0.15) is 5.69 Å². The van der Waals surface area contributed by atoms with E-state index in [1.807, 2.05) is 19.0 Å². The Morgan fingerprint density at radius 1 is 1.64 bits per heavy atom. The third-order valence-corrected chi connectivity index (χ3v) is 1.85. The molecule has 1 aromatic rings. The summed E-state index contributed by atoms with van der Waals surface area (Å²) in [6, 6.07) is 0.632. The number of hydrogen-bond donors (Lipinski definition) is 1. The number of nitrogens with zero attached hydrogens (tertiary/aromatic N) is 2. The van der Waals surface area contributed by atoms with Crippen LogP contribution in [-0.2, 0) is 11.3 Å². The van der Waals surface area contributed by atoms with E-state index in [0.29, 0.717) is 12.6 Å². The monoisotopic (exact) mass is 199 g/mol. The van der Waals surface area contributed by atoms with E-state index in [-0.39, 0.29) is 0 Å². The molecular weight excluding hydrogens is 182 g/mol. The maximum absolute atomic E-state index is 5.30. The number of oxazole rings is 1. The summed E-state index contributed by atoms with van der Waals surface area (Å²) in [5.41, 5.74) is 0.909. The Labute approximate surface area is 84.1 Å². The van der Waals surface area contributed by atoms with Crippen LogP contribution >= 0.6 is 0 Å². The fraction of sp³-hybridized carbons (Fsp3) is 0.667. The van der Waals surface area contributed by atoms with E-state index in [1.54, 1.807) is 13.4 Å². The van der Waals surface area contributed by atoms with Crippen LogP contribution in [0.15, 0.2) is 10.7 Å². The maximum atomic E-state index is 5.30. The van der Waals surface area contributed by atoms with E-state index in [4.69, 9.17) is 9.15 Å². The number of methoxy groups -OCH3 is 1. The fourth-order valence-electron chi connectivity index (χ4n) is 1.06. The number of hydrogen-bond acceptors (Lipinski definition) is 5. The molecular formula is C9H17N3O2. The van der Waals surface area contributed by atoms with Gasteiger partial charge in [0.2, 0.25) is 0 Å². The molecule has 0 saturated carbocycles. The van der Waals surface area contributed by atoms with Crippen molar-refractivity contribution in [2.45, 2.75) is 6.54 Å². The van der Waals surface area contributed by atoms with Gasteiger partial charge in [-0.3, -0.25) is 0 Å². The minimum atomic E-state index is 0.632. The average Bonchev–Trinajstić information content (AvgIpc) is 2.63. The molecule has 0 amide bonds. The molecule has 0 aromatic carbocycles. The quantitative estimate of drug-likeness (QED) is 0.722. The molecule has 0 aliphatic heterocycles. The molecule has 0 unspecified atom stereocenters. The van der Waals surface area contributed by atoms with Gasteiger partial charge in [0, 0.05) is 27.2 Å². The van der Waals surface area contributed by atoms with Crippen LogP contribution in [0, 0.1) is 0 Å². The topological polar surface area (TPSA) is 50.5 Å². The van der Waals surface area contributed by atoms with Gasteiger partial charge in [0.1, 0.15) is 6.26 Å². The van der Waals surface area contributed by atoms with Crippen molar-refractivity contribution in [1.29, 1.82) is 0 Å². The third kappa shape index (κ3) is 3.01. The highest BCUT2D eigenvalue weighted by Gasteiger charge is 2.07. The number of ether oxygens (including phenoxy) is 1. The molecule has 80 valence electrons. The molecule has 0 atom stereocenters. The highest BCUT2D eigenvalue weighted by Crippen LogP contribution is 2.11. The highest BCUT2D eigenvalue weighted by atomic mass is 16.5. The van der Waals surface area contributed by atoms with Crippen molar-refractivity contribution in [2.75, 3.05) is 39.3 Å². The Balaban J connectivity index is 2.48. The minimum Gasteiger partial charge on any atom is -0.432 e. The van der Waals surface area contributed by atoms with Crippen LogP contribution in [0.3, 0.4) is 0 Å². The smallest absolute Gasteiger partial charge is 0.297 e. The fourth-order valence-corrected chi connectivity index (χ4v) is 1.06. The van der Waals surface area contributed by atoms with Crippen LogP contribution in [-0.4, -0.2) is 39.3 Å². The molecule has 0 bridgehead atoms. The largest absolute Gasteiger partial charge is 0.432 e. The number of aromatic nitrogens is 1. The lowest BCUT2D eigenvalue weighted by atomic mass is 10.5. The van der Waals surface area contributed by atoms with Crippen molar-refractivity contribution in [3.05, 3.63) is 12.0 Å². The molecule has 1 N–H and O–H groups in total. The zero-order valence-corrected chi connectivity index (χ0v) is 8.91. The van der Waals surface area contributed by atoms with Gasteiger partial charge < -0.3 is 19.4 Å². The first kappa shape index (κ1) is 11.0. The summed E-state index contributed by atoms with van der Waals surface area (Å²) in [6.07, 6.45) is 1.66. The van der Waals surface area contributed by atoms with Crippen molar-refractivity contribution >= 4 is 6.01 Å². The molecule has 1 rings (SSSR count). The zero-order valence-electron chi connectivity index (χ0n) is 8.91. The van der Waals surface area contributed by atoms with Gasteiger partial charge in [-0.1, -0.05) is 0 Å². The van der Waals surface area contributed by atoms with Crippen molar-refractivity contribution < 1.29 is 9.15 Å². The molecule has 0 radical (unpaired) electrons. The van der Waals surface area contributed by atoms with E-state index < -0.39 is 0 Å². The summed E-state index contributed by atoms with van der Waals surface area (Å²) in [4.78, 5) is 6.21. The molecule has 14 heavy (non-hydrogen) atoms. The summed E-state index contributed by atoms with van der Waals surface area (Å²) in [5, 5.41) is 3.01. The van der Waals surface area contributed by atoms with Crippen LogP contribution in [0.4, 0.5) is 6.01 Å². The van der Waals surface area contributed by atoms with E-state index >= 15 is 0 Å². The predicted octanol–water partition coefficient (Wildman–Crippen LogP) is 0.477. The first-order chi connectivity index (χ1) is 6.77. The Morgan fingerprint density at radius 2 is 2.43 bits per heavy atom. The first-order valence-electron chi connectivity index (χ1n) is 4.57. The normalized spacial score (nSPS) is 10.5.